The highest BCUT2D eigenvalue weighted by Crippen LogP contribution is 2.29. The molecule has 0 saturated carbocycles. The molecule has 0 atom stereocenters. The number of guanidine groups is 1. The maximum Gasteiger partial charge on any atom is 0.416 e. The summed E-state index contributed by atoms with van der Waals surface area (Å²) in [4.78, 5) is 4.32. The third kappa shape index (κ3) is 5.60. The van der Waals surface area contributed by atoms with Crippen LogP contribution in [0.25, 0.3) is 0 Å². The minimum absolute atomic E-state index is 0.168. The van der Waals surface area contributed by atoms with Crippen LogP contribution in [0, 0.1) is 0 Å². The second-order valence-electron chi connectivity index (χ2n) is 5.09. The molecule has 2 rings (SSSR count). The molecule has 8 heteroatoms. The van der Waals surface area contributed by atoms with E-state index >= 15 is 0 Å². The number of benzene rings is 1. The first kappa shape index (κ1) is 17.8. The van der Waals surface area contributed by atoms with Crippen LogP contribution in [-0.4, -0.2) is 28.8 Å². The van der Waals surface area contributed by atoms with Crippen molar-refractivity contribution in [2.75, 3.05) is 13.1 Å². The van der Waals surface area contributed by atoms with Crippen LogP contribution in [-0.2, 0) is 19.3 Å². The molecule has 5 nitrogen and oxygen atoms in total. The molecule has 24 heavy (non-hydrogen) atoms. The molecule has 0 spiro atoms. The Hall–Kier alpha value is -2.51. The van der Waals surface area contributed by atoms with E-state index in [9.17, 15) is 13.2 Å². The minimum Gasteiger partial charge on any atom is -0.357 e. The topological polar surface area (TPSA) is 54.2 Å². The van der Waals surface area contributed by atoms with Gasteiger partial charge in [-0.2, -0.15) is 18.3 Å². The third-order valence-electron chi connectivity index (χ3n) is 3.21. The van der Waals surface area contributed by atoms with Crippen molar-refractivity contribution in [1.82, 2.24) is 20.4 Å². The molecular weight excluding hydrogens is 319 g/mol. The first-order chi connectivity index (χ1) is 11.5. The lowest BCUT2D eigenvalue weighted by Crippen LogP contribution is -2.38. The van der Waals surface area contributed by atoms with Crippen LogP contribution in [0.5, 0.6) is 0 Å². The normalized spacial score (nSPS) is 12.2. The van der Waals surface area contributed by atoms with Crippen LogP contribution in [0.15, 0.2) is 47.7 Å². The average Bonchev–Trinajstić information content (AvgIpc) is 3.05. The fourth-order valence-electron chi connectivity index (χ4n) is 2.08. The SMILES string of the molecule is CCNC(=NCc1cccc(C(F)(F)F)c1)NCCn1cccn1. The van der Waals surface area contributed by atoms with Gasteiger partial charge in [-0.1, -0.05) is 12.1 Å². The van der Waals surface area contributed by atoms with E-state index in [0.717, 1.165) is 12.1 Å². The molecule has 0 aliphatic heterocycles. The quantitative estimate of drug-likeness (QED) is 0.628. The fraction of sp³-hybridized carbons (Fsp3) is 0.375. The van der Waals surface area contributed by atoms with Crippen LogP contribution in [0.1, 0.15) is 18.1 Å². The zero-order valence-corrected chi connectivity index (χ0v) is 13.3. The van der Waals surface area contributed by atoms with Crippen molar-refractivity contribution in [3.05, 3.63) is 53.9 Å². The number of hydrogen-bond acceptors (Lipinski definition) is 2. The summed E-state index contributed by atoms with van der Waals surface area (Å²) in [7, 11) is 0. The highest BCUT2D eigenvalue weighted by Gasteiger charge is 2.30. The maximum absolute atomic E-state index is 12.7. The van der Waals surface area contributed by atoms with Gasteiger partial charge >= 0.3 is 6.18 Å². The summed E-state index contributed by atoms with van der Waals surface area (Å²) in [6, 6.07) is 7.04. The number of aromatic nitrogens is 2. The van der Waals surface area contributed by atoms with Crippen LogP contribution >= 0.6 is 0 Å². The van der Waals surface area contributed by atoms with Gasteiger partial charge in [-0.3, -0.25) is 4.68 Å². The number of alkyl halides is 3. The van der Waals surface area contributed by atoms with Crippen molar-refractivity contribution in [3.63, 3.8) is 0 Å². The third-order valence-corrected chi connectivity index (χ3v) is 3.21. The lowest BCUT2D eigenvalue weighted by molar-refractivity contribution is -0.137. The molecule has 2 aromatic rings. The molecule has 1 aromatic heterocycles. The molecule has 0 fully saturated rings. The number of aliphatic imine (C=N–C) groups is 1. The zero-order valence-electron chi connectivity index (χ0n) is 13.3. The summed E-state index contributed by atoms with van der Waals surface area (Å²) in [6.45, 7) is 4.03. The molecule has 0 aliphatic carbocycles. The van der Waals surface area contributed by atoms with Crippen LogP contribution in [0.3, 0.4) is 0 Å². The van der Waals surface area contributed by atoms with Crippen molar-refractivity contribution in [3.8, 4) is 0 Å². The van der Waals surface area contributed by atoms with E-state index in [0.29, 0.717) is 31.2 Å². The zero-order chi connectivity index (χ0) is 17.4. The summed E-state index contributed by atoms with van der Waals surface area (Å²) >= 11 is 0. The highest BCUT2D eigenvalue weighted by molar-refractivity contribution is 5.79. The van der Waals surface area contributed by atoms with Crippen molar-refractivity contribution >= 4 is 5.96 Å². The van der Waals surface area contributed by atoms with E-state index in [1.165, 1.54) is 6.07 Å². The molecule has 0 aliphatic rings. The standard InChI is InChI=1S/C16H20F3N5/c1-2-20-15(21-8-10-24-9-4-7-23-24)22-12-13-5-3-6-14(11-13)16(17,18)19/h3-7,9,11H,2,8,10,12H2,1H3,(H2,20,21,22). The van der Waals surface area contributed by atoms with Gasteiger partial charge in [-0.15, -0.1) is 0 Å². The minimum atomic E-state index is -4.34. The number of nitrogens with zero attached hydrogens (tertiary/aromatic N) is 3. The van der Waals surface area contributed by atoms with E-state index in [1.807, 2.05) is 19.2 Å². The van der Waals surface area contributed by atoms with Gasteiger partial charge in [0.25, 0.3) is 0 Å². The summed E-state index contributed by atoms with van der Waals surface area (Å²) < 4.78 is 39.9. The Bertz CT molecular complexity index is 650. The Kier molecular flexibility index (Phi) is 6.22. The fourth-order valence-corrected chi connectivity index (χ4v) is 2.08. The van der Waals surface area contributed by atoms with Gasteiger partial charge in [-0.25, -0.2) is 4.99 Å². The average molecular weight is 339 g/mol. The molecule has 2 N–H and O–H groups in total. The molecule has 0 saturated heterocycles. The largest absolute Gasteiger partial charge is 0.416 e. The number of nitrogens with one attached hydrogen (secondary N) is 2. The van der Waals surface area contributed by atoms with Gasteiger partial charge in [0.15, 0.2) is 5.96 Å². The predicted octanol–water partition coefficient (Wildman–Crippen LogP) is 2.66. The van der Waals surface area contributed by atoms with Crippen LogP contribution in [0.2, 0.25) is 0 Å². The number of hydrogen-bond donors (Lipinski definition) is 2. The molecule has 0 bridgehead atoms. The lowest BCUT2D eigenvalue weighted by Gasteiger charge is -2.12. The van der Waals surface area contributed by atoms with Gasteiger partial charge in [0.05, 0.1) is 18.7 Å². The van der Waals surface area contributed by atoms with Gasteiger partial charge in [0.2, 0.25) is 0 Å². The Labute approximate surface area is 138 Å². The molecular formula is C16H20F3N5. The maximum atomic E-state index is 12.7. The van der Waals surface area contributed by atoms with Gasteiger partial charge in [-0.05, 0) is 30.7 Å². The molecule has 1 heterocycles. The Morgan fingerprint density at radius 3 is 2.75 bits per heavy atom. The van der Waals surface area contributed by atoms with E-state index in [-0.39, 0.29) is 6.54 Å². The summed E-state index contributed by atoms with van der Waals surface area (Å²) in [5, 5.41) is 10.3. The summed E-state index contributed by atoms with van der Waals surface area (Å²) in [5.41, 5.74) is -0.152. The van der Waals surface area contributed by atoms with Crippen molar-refractivity contribution in [1.29, 1.82) is 0 Å². The smallest absolute Gasteiger partial charge is 0.357 e. The first-order valence-corrected chi connectivity index (χ1v) is 7.65. The second-order valence-corrected chi connectivity index (χ2v) is 5.09. The number of rotatable bonds is 6. The van der Waals surface area contributed by atoms with E-state index in [1.54, 1.807) is 16.9 Å². The van der Waals surface area contributed by atoms with E-state index in [2.05, 4.69) is 20.7 Å². The summed E-state index contributed by atoms with van der Waals surface area (Å²) in [5.74, 6) is 0.557. The molecule has 0 amide bonds. The molecule has 0 unspecified atom stereocenters. The van der Waals surface area contributed by atoms with E-state index < -0.39 is 11.7 Å². The van der Waals surface area contributed by atoms with Gasteiger partial charge < -0.3 is 10.6 Å². The Morgan fingerprint density at radius 1 is 1.25 bits per heavy atom. The molecule has 1 aromatic carbocycles. The lowest BCUT2D eigenvalue weighted by atomic mass is 10.1. The molecule has 130 valence electrons. The Balaban J connectivity index is 1.94. The van der Waals surface area contributed by atoms with Crippen molar-refractivity contribution < 1.29 is 13.2 Å². The Morgan fingerprint density at radius 2 is 2.08 bits per heavy atom. The second kappa shape index (κ2) is 8.37. The van der Waals surface area contributed by atoms with Crippen molar-refractivity contribution in [2.45, 2.75) is 26.2 Å². The van der Waals surface area contributed by atoms with E-state index in [4.69, 9.17) is 0 Å². The summed E-state index contributed by atoms with van der Waals surface area (Å²) in [6.07, 6.45) is -0.784. The first-order valence-electron chi connectivity index (χ1n) is 7.65. The van der Waals surface area contributed by atoms with Crippen molar-refractivity contribution in [2.24, 2.45) is 4.99 Å². The molecule has 0 radical (unpaired) electrons. The van der Waals surface area contributed by atoms with Crippen LogP contribution < -0.4 is 10.6 Å². The van der Waals surface area contributed by atoms with Gasteiger partial charge in [0.1, 0.15) is 0 Å². The predicted molar refractivity (Wildman–Crippen MR) is 86.5 cm³/mol. The van der Waals surface area contributed by atoms with Gasteiger partial charge in [0, 0.05) is 25.5 Å². The monoisotopic (exact) mass is 339 g/mol. The van der Waals surface area contributed by atoms with Crippen LogP contribution in [0.4, 0.5) is 13.2 Å². The highest BCUT2D eigenvalue weighted by atomic mass is 19.4. The number of halogens is 3.